The van der Waals surface area contributed by atoms with Gasteiger partial charge in [0.15, 0.2) is 0 Å². The Bertz CT molecular complexity index is 669. The van der Waals surface area contributed by atoms with Gasteiger partial charge in [-0.3, -0.25) is 4.79 Å². The number of ether oxygens (including phenoxy) is 2. The van der Waals surface area contributed by atoms with Crippen LogP contribution in [0.15, 0.2) is 18.2 Å². The summed E-state index contributed by atoms with van der Waals surface area (Å²) in [4.78, 5) is 26.8. The molecule has 0 radical (unpaired) electrons. The van der Waals surface area contributed by atoms with Gasteiger partial charge in [0.05, 0.1) is 31.6 Å². The van der Waals surface area contributed by atoms with Gasteiger partial charge >= 0.3 is 5.97 Å². The quantitative estimate of drug-likeness (QED) is 0.692. The molecule has 2 aliphatic rings. The van der Waals surface area contributed by atoms with Gasteiger partial charge < -0.3 is 25.4 Å². The molecule has 1 saturated carbocycles. The number of anilines is 2. The van der Waals surface area contributed by atoms with Crippen LogP contribution in [0.5, 0.6) is 0 Å². The normalized spacial score (nSPS) is 21.3. The Morgan fingerprint density at radius 2 is 1.96 bits per heavy atom. The van der Waals surface area contributed by atoms with Crippen molar-refractivity contribution < 1.29 is 19.1 Å². The summed E-state index contributed by atoms with van der Waals surface area (Å²) in [5, 5.41) is 2.86. The van der Waals surface area contributed by atoms with Crippen molar-refractivity contribution in [1.29, 1.82) is 0 Å². The molecule has 158 valence electrons. The van der Waals surface area contributed by atoms with Gasteiger partial charge in [-0.2, -0.15) is 0 Å². The molecule has 1 aliphatic heterocycles. The molecule has 1 saturated heterocycles. The number of nitrogens with one attached hydrogen (secondary N) is 1. The van der Waals surface area contributed by atoms with E-state index >= 15 is 0 Å². The Morgan fingerprint density at radius 1 is 1.25 bits per heavy atom. The predicted molar refractivity (Wildman–Crippen MR) is 114 cm³/mol. The standard InChI is InChI=1S/C19H27N3O4.2ClH/c1-25-19(24)15-12-14(22-7-9-26-10-8-22)5-6-17(15)21-18(23)11-13-3-2-4-16(13)20;;/h5-6,12-13,16H,2-4,7-11,20H2,1H3,(H,21,23);2*1H/t13-,16+;;/m0../s1. The molecule has 28 heavy (non-hydrogen) atoms. The molecule has 1 aromatic carbocycles. The van der Waals surface area contributed by atoms with E-state index in [0.29, 0.717) is 30.9 Å². The highest BCUT2D eigenvalue weighted by Gasteiger charge is 2.26. The number of hydrogen-bond donors (Lipinski definition) is 2. The highest BCUT2D eigenvalue weighted by atomic mass is 35.5. The van der Waals surface area contributed by atoms with Crippen LogP contribution < -0.4 is 16.0 Å². The zero-order valence-corrected chi connectivity index (χ0v) is 17.7. The van der Waals surface area contributed by atoms with Crippen LogP contribution in [-0.4, -0.2) is 51.3 Å². The number of nitrogens with zero attached hydrogens (tertiary/aromatic N) is 1. The van der Waals surface area contributed by atoms with Crippen molar-refractivity contribution in [2.24, 2.45) is 11.7 Å². The van der Waals surface area contributed by atoms with E-state index in [1.54, 1.807) is 12.1 Å². The van der Waals surface area contributed by atoms with Crippen molar-refractivity contribution >= 4 is 48.1 Å². The summed E-state index contributed by atoms with van der Waals surface area (Å²) in [6.45, 7) is 2.86. The third-order valence-electron chi connectivity index (χ3n) is 5.22. The van der Waals surface area contributed by atoms with E-state index in [1.807, 2.05) is 6.07 Å². The molecule has 3 rings (SSSR count). The SMILES string of the molecule is COC(=O)c1cc(N2CCOCC2)ccc1NC(=O)C[C@@H]1CCC[C@H]1N.Cl.Cl. The summed E-state index contributed by atoms with van der Waals surface area (Å²) < 4.78 is 10.3. The number of benzene rings is 1. The highest BCUT2D eigenvalue weighted by molar-refractivity contribution is 6.02. The topological polar surface area (TPSA) is 93.9 Å². The maximum absolute atomic E-state index is 12.4. The van der Waals surface area contributed by atoms with Gasteiger partial charge in [-0.15, -0.1) is 24.8 Å². The number of rotatable bonds is 5. The number of halogens is 2. The van der Waals surface area contributed by atoms with Crippen molar-refractivity contribution in [2.75, 3.05) is 43.6 Å². The summed E-state index contributed by atoms with van der Waals surface area (Å²) in [7, 11) is 1.34. The van der Waals surface area contributed by atoms with E-state index in [9.17, 15) is 9.59 Å². The van der Waals surface area contributed by atoms with Gasteiger partial charge in [-0.05, 0) is 37.0 Å². The molecule has 2 atom stereocenters. The molecular formula is C19H29Cl2N3O4. The second kappa shape index (κ2) is 11.5. The first-order valence-corrected chi connectivity index (χ1v) is 9.19. The molecule has 7 nitrogen and oxygen atoms in total. The van der Waals surface area contributed by atoms with Crippen molar-refractivity contribution in [3.8, 4) is 0 Å². The summed E-state index contributed by atoms with van der Waals surface area (Å²) in [6.07, 6.45) is 3.40. The van der Waals surface area contributed by atoms with E-state index in [0.717, 1.165) is 38.0 Å². The minimum atomic E-state index is -0.465. The minimum Gasteiger partial charge on any atom is -0.465 e. The van der Waals surface area contributed by atoms with Crippen molar-refractivity contribution in [3.63, 3.8) is 0 Å². The number of morpholine rings is 1. The first-order chi connectivity index (χ1) is 12.6. The molecular weight excluding hydrogens is 405 g/mol. The van der Waals surface area contributed by atoms with Gasteiger partial charge in [-0.25, -0.2) is 4.79 Å². The molecule has 1 aliphatic carbocycles. The van der Waals surface area contributed by atoms with E-state index < -0.39 is 5.97 Å². The highest BCUT2D eigenvalue weighted by Crippen LogP contribution is 2.29. The third-order valence-corrected chi connectivity index (χ3v) is 5.22. The number of carbonyl (C=O) groups excluding carboxylic acids is 2. The Labute approximate surface area is 178 Å². The van der Waals surface area contributed by atoms with Crippen LogP contribution in [-0.2, 0) is 14.3 Å². The second-order valence-electron chi connectivity index (χ2n) is 6.93. The van der Waals surface area contributed by atoms with Gasteiger partial charge in [-0.1, -0.05) is 6.42 Å². The lowest BCUT2D eigenvalue weighted by molar-refractivity contribution is -0.117. The first kappa shape index (κ1) is 24.5. The van der Waals surface area contributed by atoms with Gasteiger partial charge in [0.1, 0.15) is 0 Å². The number of methoxy groups -OCH3 is 1. The second-order valence-corrected chi connectivity index (χ2v) is 6.93. The lowest BCUT2D eigenvalue weighted by Gasteiger charge is -2.29. The van der Waals surface area contributed by atoms with Crippen LogP contribution in [0.1, 0.15) is 36.0 Å². The molecule has 9 heteroatoms. The molecule has 3 N–H and O–H groups in total. The third kappa shape index (κ3) is 5.98. The fourth-order valence-corrected chi connectivity index (χ4v) is 3.70. The molecule has 2 fully saturated rings. The Morgan fingerprint density at radius 3 is 2.57 bits per heavy atom. The zero-order chi connectivity index (χ0) is 18.5. The van der Waals surface area contributed by atoms with E-state index in [4.69, 9.17) is 15.2 Å². The van der Waals surface area contributed by atoms with Gasteiger partial charge in [0, 0.05) is 31.2 Å². The maximum atomic E-state index is 12.4. The van der Waals surface area contributed by atoms with Gasteiger partial charge in [0.25, 0.3) is 0 Å². The van der Waals surface area contributed by atoms with Crippen molar-refractivity contribution in [3.05, 3.63) is 23.8 Å². The Balaban J connectivity index is 0.00000196. The summed E-state index contributed by atoms with van der Waals surface area (Å²) in [5.74, 6) is -0.367. The van der Waals surface area contributed by atoms with Crippen LogP contribution >= 0.6 is 24.8 Å². The van der Waals surface area contributed by atoms with Crippen molar-refractivity contribution in [1.82, 2.24) is 0 Å². The average molecular weight is 434 g/mol. The van der Waals surface area contributed by atoms with E-state index in [-0.39, 0.29) is 42.7 Å². The summed E-state index contributed by atoms with van der Waals surface area (Å²) in [6, 6.07) is 5.54. The summed E-state index contributed by atoms with van der Waals surface area (Å²) in [5.41, 5.74) is 7.81. The minimum absolute atomic E-state index is 0. The number of nitrogens with two attached hydrogens (primary N) is 1. The zero-order valence-electron chi connectivity index (χ0n) is 16.0. The fraction of sp³-hybridized carbons (Fsp3) is 0.579. The lowest BCUT2D eigenvalue weighted by Crippen LogP contribution is -2.36. The Kier molecular flexibility index (Phi) is 10.0. The molecule has 1 amide bonds. The largest absolute Gasteiger partial charge is 0.465 e. The summed E-state index contributed by atoms with van der Waals surface area (Å²) >= 11 is 0. The number of hydrogen-bond acceptors (Lipinski definition) is 6. The van der Waals surface area contributed by atoms with Gasteiger partial charge in [0.2, 0.25) is 5.91 Å². The van der Waals surface area contributed by atoms with Crippen LogP contribution in [0.2, 0.25) is 0 Å². The number of amides is 1. The average Bonchev–Trinajstić information content (AvgIpc) is 3.06. The smallest absolute Gasteiger partial charge is 0.340 e. The molecule has 1 aromatic rings. The van der Waals surface area contributed by atoms with Crippen molar-refractivity contribution in [2.45, 2.75) is 31.7 Å². The maximum Gasteiger partial charge on any atom is 0.340 e. The Hall–Kier alpha value is -1.54. The fourth-order valence-electron chi connectivity index (χ4n) is 3.70. The molecule has 0 bridgehead atoms. The molecule has 1 heterocycles. The molecule has 0 unspecified atom stereocenters. The van der Waals surface area contributed by atoms with Crippen LogP contribution in [0, 0.1) is 5.92 Å². The number of carbonyl (C=O) groups is 2. The van der Waals surface area contributed by atoms with Crippen LogP contribution in [0.25, 0.3) is 0 Å². The first-order valence-electron chi connectivity index (χ1n) is 9.19. The lowest BCUT2D eigenvalue weighted by atomic mass is 9.99. The molecule has 0 spiro atoms. The van der Waals surface area contributed by atoms with E-state index in [2.05, 4.69) is 10.2 Å². The predicted octanol–water partition coefficient (Wildman–Crippen LogP) is 2.61. The van der Waals surface area contributed by atoms with E-state index in [1.165, 1.54) is 7.11 Å². The van der Waals surface area contributed by atoms with Crippen LogP contribution in [0.3, 0.4) is 0 Å². The van der Waals surface area contributed by atoms with Crippen LogP contribution in [0.4, 0.5) is 11.4 Å². The number of esters is 1. The molecule has 0 aromatic heterocycles. The monoisotopic (exact) mass is 433 g/mol.